The number of hydrogen-bond donors (Lipinski definition) is 2. The van der Waals surface area contributed by atoms with Gasteiger partial charge in [0, 0.05) is 25.6 Å². The summed E-state index contributed by atoms with van der Waals surface area (Å²) in [6.45, 7) is 5.39. The first-order chi connectivity index (χ1) is 9.58. The molecule has 1 aliphatic heterocycles. The Kier molecular flexibility index (Phi) is 4.39. The summed E-state index contributed by atoms with van der Waals surface area (Å²) in [4.78, 5) is 22.5. The fraction of sp³-hybridized carbons (Fsp3) is 0.615. The van der Waals surface area contributed by atoms with Crippen molar-refractivity contribution in [2.75, 3.05) is 37.0 Å². The molecule has 1 aromatic heterocycles. The van der Waals surface area contributed by atoms with Gasteiger partial charge in [-0.15, -0.1) is 0 Å². The van der Waals surface area contributed by atoms with E-state index in [0.29, 0.717) is 19.8 Å². The summed E-state index contributed by atoms with van der Waals surface area (Å²) >= 11 is 0. The van der Waals surface area contributed by atoms with E-state index in [1.54, 1.807) is 0 Å². The zero-order chi connectivity index (χ0) is 14.7. The Hall–Kier alpha value is -1.89. The molecule has 20 heavy (non-hydrogen) atoms. The van der Waals surface area contributed by atoms with Crippen LogP contribution >= 0.6 is 0 Å². The molecule has 1 amide bonds. The average Bonchev–Trinajstić information content (AvgIpc) is 2.47. The Morgan fingerprint density at radius 3 is 2.90 bits per heavy atom. The van der Waals surface area contributed by atoms with Crippen LogP contribution in [0.3, 0.4) is 0 Å². The molecule has 1 fully saturated rings. The van der Waals surface area contributed by atoms with E-state index in [1.807, 2.05) is 25.8 Å². The van der Waals surface area contributed by atoms with Gasteiger partial charge in [-0.05, 0) is 6.92 Å². The standard InChI is InChI=1S/C13H21N5O2/c1-4-10-16-12(15-3)8(2)13(17-10)18-5-6-20-7-9(18)11(14)19/h9H,4-7H2,1-3H3,(H2,14,19)(H,15,16,17). The van der Waals surface area contributed by atoms with E-state index in [4.69, 9.17) is 10.5 Å². The third-order valence-corrected chi connectivity index (χ3v) is 3.45. The first kappa shape index (κ1) is 14.5. The summed E-state index contributed by atoms with van der Waals surface area (Å²) in [5, 5.41) is 3.07. The lowest BCUT2D eigenvalue weighted by molar-refractivity contribution is -0.121. The molecular weight excluding hydrogens is 258 g/mol. The van der Waals surface area contributed by atoms with Crippen LogP contribution in [0.1, 0.15) is 18.3 Å². The quantitative estimate of drug-likeness (QED) is 0.810. The second-order valence-corrected chi connectivity index (χ2v) is 4.73. The van der Waals surface area contributed by atoms with Gasteiger partial charge in [-0.2, -0.15) is 0 Å². The van der Waals surface area contributed by atoms with Crippen molar-refractivity contribution in [1.29, 1.82) is 0 Å². The summed E-state index contributed by atoms with van der Waals surface area (Å²) in [6.07, 6.45) is 0.730. The predicted molar refractivity (Wildman–Crippen MR) is 76.8 cm³/mol. The number of hydrogen-bond acceptors (Lipinski definition) is 6. The van der Waals surface area contributed by atoms with Crippen molar-refractivity contribution < 1.29 is 9.53 Å². The van der Waals surface area contributed by atoms with Crippen molar-refractivity contribution in [1.82, 2.24) is 9.97 Å². The number of nitrogens with zero attached hydrogens (tertiary/aromatic N) is 3. The van der Waals surface area contributed by atoms with E-state index in [-0.39, 0.29) is 0 Å². The number of aryl methyl sites for hydroxylation is 1. The fourth-order valence-electron chi connectivity index (χ4n) is 2.32. The molecule has 2 heterocycles. The molecule has 0 aromatic carbocycles. The molecule has 1 aliphatic rings. The second-order valence-electron chi connectivity index (χ2n) is 4.73. The summed E-state index contributed by atoms with van der Waals surface area (Å²) in [5.74, 6) is 1.88. The number of nitrogens with two attached hydrogens (primary N) is 1. The van der Waals surface area contributed by atoms with E-state index in [0.717, 1.165) is 29.4 Å². The molecule has 3 N–H and O–H groups in total. The highest BCUT2D eigenvalue weighted by Gasteiger charge is 2.30. The van der Waals surface area contributed by atoms with E-state index < -0.39 is 11.9 Å². The topological polar surface area (TPSA) is 93.4 Å². The summed E-state index contributed by atoms with van der Waals surface area (Å²) < 4.78 is 5.35. The number of amides is 1. The van der Waals surface area contributed by atoms with Crippen LogP contribution in [0.5, 0.6) is 0 Å². The van der Waals surface area contributed by atoms with Gasteiger partial charge < -0.3 is 20.7 Å². The zero-order valence-corrected chi connectivity index (χ0v) is 12.1. The van der Waals surface area contributed by atoms with Crippen LogP contribution in [0.2, 0.25) is 0 Å². The van der Waals surface area contributed by atoms with Crippen LogP contribution in [0.4, 0.5) is 11.6 Å². The number of anilines is 2. The molecule has 1 aromatic rings. The van der Waals surface area contributed by atoms with Gasteiger partial charge in [-0.1, -0.05) is 6.92 Å². The summed E-state index contributed by atoms with van der Waals surface area (Å²) in [7, 11) is 1.82. The molecule has 0 aliphatic carbocycles. The van der Waals surface area contributed by atoms with Gasteiger partial charge in [0.15, 0.2) is 0 Å². The third kappa shape index (κ3) is 2.67. The van der Waals surface area contributed by atoms with Gasteiger partial charge >= 0.3 is 0 Å². The highest BCUT2D eigenvalue weighted by atomic mass is 16.5. The highest BCUT2D eigenvalue weighted by molar-refractivity contribution is 5.84. The lowest BCUT2D eigenvalue weighted by Crippen LogP contribution is -2.53. The van der Waals surface area contributed by atoms with Crippen molar-refractivity contribution >= 4 is 17.5 Å². The van der Waals surface area contributed by atoms with Crippen LogP contribution in [-0.2, 0) is 16.0 Å². The Labute approximate surface area is 118 Å². The maximum Gasteiger partial charge on any atom is 0.242 e. The molecular formula is C13H21N5O2. The van der Waals surface area contributed by atoms with Gasteiger partial charge in [0.2, 0.25) is 5.91 Å². The lowest BCUT2D eigenvalue weighted by Gasteiger charge is -2.35. The first-order valence-electron chi connectivity index (χ1n) is 6.77. The Morgan fingerprint density at radius 2 is 2.30 bits per heavy atom. The smallest absolute Gasteiger partial charge is 0.242 e. The molecule has 2 rings (SSSR count). The van der Waals surface area contributed by atoms with Gasteiger partial charge in [-0.3, -0.25) is 4.79 Å². The second kappa shape index (κ2) is 6.04. The number of aromatic nitrogens is 2. The van der Waals surface area contributed by atoms with Crippen LogP contribution in [-0.4, -0.2) is 48.7 Å². The SMILES string of the molecule is CCc1nc(NC)c(C)c(N2CCOCC2C(N)=O)n1. The van der Waals surface area contributed by atoms with Crippen LogP contribution in [0.25, 0.3) is 0 Å². The molecule has 7 heteroatoms. The minimum absolute atomic E-state index is 0.301. The molecule has 0 radical (unpaired) electrons. The van der Waals surface area contributed by atoms with E-state index >= 15 is 0 Å². The van der Waals surface area contributed by atoms with Gasteiger partial charge in [0.25, 0.3) is 0 Å². The van der Waals surface area contributed by atoms with Gasteiger partial charge in [0.05, 0.1) is 13.2 Å². The first-order valence-corrected chi connectivity index (χ1v) is 6.77. The molecule has 7 nitrogen and oxygen atoms in total. The fourth-order valence-corrected chi connectivity index (χ4v) is 2.32. The van der Waals surface area contributed by atoms with E-state index in [2.05, 4.69) is 15.3 Å². The van der Waals surface area contributed by atoms with E-state index in [9.17, 15) is 4.79 Å². The summed E-state index contributed by atoms with van der Waals surface area (Å²) in [6, 6.07) is -0.480. The highest BCUT2D eigenvalue weighted by Crippen LogP contribution is 2.26. The number of nitrogens with one attached hydrogen (secondary N) is 1. The molecule has 1 atom stereocenters. The van der Waals surface area contributed by atoms with Crippen LogP contribution < -0.4 is 16.0 Å². The number of morpholine rings is 1. The molecule has 1 saturated heterocycles. The maximum atomic E-state index is 11.6. The Balaban J connectivity index is 2.46. The van der Waals surface area contributed by atoms with Gasteiger partial charge in [0.1, 0.15) is 23.5 Å². The van der Waals surface area contributed by atoms with Crippen molar-refractivity contribution in [3.8, 4) is 0 Å². The number of primary amides is 1. The van der Waals surface area contributed by atoms with Crippen molar-refractivity contribution in [3.63, 3.8) is 0 Å². The summed E-state index contributed by atoms with van der Waals surface area (Å²) in [5.41, 5.74) is 6.38. The molecule has 110 valence electrons. The molecule has 1 unspecified atom stereocenters. The van der Waals surface area contributed by atoms with Crippen molar-refractivity contribution in [2.24, 2.45) is 5.73 Å². The monoisotopic (exact) mass is 279 g/mol. The third-order valence-electron chi connectivity index (χ3n) is 3.45. The minimum Gasteiger partial charge on any atom is -0.377 e. The van der Waals surface area contributed by atoms with Crippen LogP contribution in [0.15, 0.2) is 0 Å². The predicted octanol–water partition coefficient (Wildman–Crippen LogP) is 0.0796. The minimum atomic E-state index is -0.480. The maximum absolute atomic E-state index is 11.6. The Morgan fingerprint density at radius 1 is 1.55 bits per heavy atom. The average molecular weight is 279 g/mol. The van der Waals surface area contributed by atoms with Gasteiger partial charge in [-0.25, -0.2) is 9.97 Å². The largest absolute Gasteiger partial charge is 0.377 e. The number of carbonyl (C=O) groups is 1. The number of rotatable bonds is 4. The van der Waals surface area contributed by atoms with E-state index in [1.165, 1.54) is 0 Å². The molecule has 0 saturated carbocycles. The van der Waals surface area contributed by atoms with Crippen LogP contribution in [0, 0.1) is 6.92 Å². The van der Waals surface area contributed by atoms with Crippen molar-refractivity contribution in [2.45, 2.75) is 26.3 Å². The Bertz CT molecular complexity index is 506. The molecule has 0 spiro atoms. The molecule has 0 bridgehead atoms. The normalized spacial score (nSPS) is 18.9. The number of ether oxygens (including phenoxy) is 1. The number of carbonyl (C=O) groups excluding carboxylic acids is 1. The van der Waals surface area contributed by atoms with Crippen molar-refractivity contribution in [3.05, 3.63) is 11.4 Å². The zero-order valence-electron chi connectivity index (χ0n) is 12.1. The lowest BCUT2D eigenvalue weighted by atomic mass is 10.1.